The molecule has 4 nitrogen and oxygen atoms in total. The number of carbonyl (C=O) groups is 1. The van der Waals surface area contributed by atoms with E-state index in [4.69, 9.17) is 0 Å². The Morgan fingerprint density at radius 2 is 2.16 bits per heavy atom. The van der Waals surface area contributed by atoms with E-state index >= 15 is 0 Å². The van der Waals surface area contributed by atoms with Crippen LogP contribution in [0.3, 0.4) is 0 Å². The summed E-state index contributed by atoms with van der Waals surface area (Å²) in [5, 5.41) is 6.38. The fourth-order valence-electron chi connectivity index (χ4n) is 2.25. The maximum Gasteiger partial charge on any atom is 0.239 e. The number of likely N-dealkylation sites (N-methyl/N-ethyl adjacent to an activating group) is 2. The summed E-state index contributed by atoms with van der Waals surface area (Å²) in [7, 11) is 1.94. The van der Waals surface area contributed by atoms with Crippen molar-refractivity contribution < 1.29 is 4.79 Å². The Hall–Kier alpha value is -1.25. The van der Waals surface area contributed by atoms with Gasteiger partial charge in [0, 0.05) is 13.6 Å². The van der Waals surface area contributed by atoms with Crippen LogP contribution in [0.4, 0.5) is 0 Å². The number of carbonyl (C=O) groups excluding carboxylic acids is 1. The van der Waals surface area contributed by atoms with Crippen LogP contribution in [-0.2, 0) is 4.79 Å². The van der Waals surface area contributed by atoms with Crippen molar-refractivity contribution >= 4 is 5.91 Å². The third-order valence-corrected chi connectivity index (χ3v) is 3.35. The molecular weight excluding hydrogens is 238 g/mol. The third-order valence-electron chi connectivity index (χ3n) is 3.35. The Morgan fingerprint density at radius 3 is 2.63 bits per heavy atom. The summed E-state index contributed by atoms with van der Waals surface area (Å²) in [6, 6.07) is 0.289. The van der Waals surface area contributed by atoms with Gasteiger partial charge in [0.25, 0.3) is 0 Å². The second kappa shape index (κ2) is 8.03. The van der Waals surface area contributed by atoms with E-state index in [2.05, 4.69) is 29.9 Å². The highest BCUT2D eigenvalue weighted by Gasteiger charge is 2.34. The van der Waals surface area contributed by atoms with Gasteiger partial charge in [0.2, 0.25) is 5.91 Å². The van der Waals surface area contributed by atoms with Crippen molar-refractivity contribution in [2.45, 2.75) is 39.2 Å². The molecule has 19 heavy (non-hydrogen) atoms. The quantitative estimate of drug-likeness (QED) is 0.621. The first-order chi connectivity index (χ1) is 9.13. The summed E-state index contributed by atoms with van der Waals surface area (Å²) in [5.41, 5.74) is 4.05. The van der Waals surface area contributed by atoms with E-state index in [1.165, 1.54) is 12.8 Å². The fourth-order valence-corrected chi connectivity index (χ4v) is 2.25. The molecular formula is C15H27N3O. The number of nitrogens with zero attached hydrogens (tertiary/aromatic N) is 1. The van der Waals surface area contributed by atoms with E-state index in [1.54, 1.807) is 0 Å². The van der Waals surface area contributed by atoms with Crippen LogP contribution < -0.4 is 10.6 Å². The smallest absolute Gasteiger partial charge is 0.239 e. The molecule has 1 saturated carbocycles. The van der Waals surface area contributed by atoms with Crippen molar-refractivity contribution in [3.8, 4) is 0 Å². The summed E-state index contributed by atoms with van der Waals surface area (Å²) in [6.45, 7) is 9.90. The second-order valence-corrected chi connectivity index (χ2v) is 5.14. The van der Waals surface area contributed by atoms with E-state index in [0.29, 0.717) is 19.0 Å². The summed E-state index contributed by atoms with van der Waals surface area (Å²) < 4.78 is 0. The number of hydrogen-bond donors (Lipinski definition) is 2. The van der Waals surface area contributed by atoms with E-state index in [0.717, 1.165) is 18.7 Å². The van der Waals surface area contributed by atoms with Gasteiger partial charge in [0.15, 0.2) is 0 Å². The topological polar surface area (TPSA) is 44.4 Å². The van der Waals surface area contributed by atoms with Crippen molar-refractivity contribution in [2.24, 2.45) is 5.92 Å². The zero-order chi connectivity index (χ0) is 14.3. The molecule has 0 bridgehead atoms. The average molecular weight is 265 g/mol. The molecule has 1 fully saturated rings. The van der Waals surface area contributed by atoms with Gasteiger partial charge in [-0.1, -0.05) is 13.5 Å². The van der Waals surface area contributed by atoms with Gasteiger partial charge < -0.3 is 15.5 Å². The average Bonchev–Trinajstić information content (AvgIpc) is 3.18. The molecule has 4 heteroatoms. The molecule has 0 aromatic heterocycles. The van der Waals surface area contributed by atoms with Gasteiger partial charge in [-0.15, -0.1) is 5.73 Å². The normalized spacial score (nSPS) is 15.5. The predicted molar refractivity (Wildman–Crippen MR) is 78.8 cm³/mol. The maximum atomic E-state index is 11.7. The molecule has 108 valence electrons. The van der Waals surface area contributed by atoms with Gasteiger partial charge in [0.1, 0.15) is 0 Å². The first-order valence-electron chi connectivity index (χ1n) is 7.25. The Kier molecular flexibility index (Phi) is 6.68. The lowest BCUT2D eigenvalue weighted by molar-refractivity contribution is -0.121. The standard InChI is InChI=1S/C15H27N3O/c1-5-10-17-15(12-8-9-12)13(6-2)18(4)11-14(19)16-7-3/h12,15,17H,2,5,7-11H2,1,3-4H3,(H,16,19). The Morgan fingerprint density at radius 1 is 1.47 bits per heavy atom. The molecule has 0 radical (unpaired) electrons. The molecule has 1 rings (SSSR count). The first kappa shape index (κ1) is 15.8. The molecule has 0 aromatic rings. The summed E-state index contributed by atoms with van der Waals surface area (Å²) in [4.78, 5) is 13.6. The number of rotatable bonds is 9. The molecule has 1 aliphatic rings. The van der Waals surface area contributed by atoms with Crippen LogP contribution >= 0.6 is 0 Å². The van der Waals surface area contributed by atoms with Crippen LogP contribution in [0.15, 0.2) is 18.0 Å². The van der Waals surface area contributed by atoms with Crippen LogP contribution in [0.1, 0.15) is 33.1 Å². The van der Waals surface area contributed by atoms with Crippen LogP contribution in [0.25, 0.3) is 0 Å². The highest BCUT2D eigenvalue weighted by molar-refractivity contribution is 5.78. The van der Waals surface area contributed by atoms with Crippen molar-refractivity contribution in [3.05, 3.63) is 18.0 Å². The third kappa shape index (κ3) is 5.09. The molecule has 2 N–H and O–H groups in total. The summed E-state index contributed by atoms with van der Waals surface area (Å²) in [5.74, 6) is 0.718. The van der Waals surface area contributed by atoms with Gasteiger partial charge in [-0.25, -0.2) is 0 Å². The van der Waals surface area contributed by atoms with Crippen molar-refractivity contribution in [1.82, 2.24) is 15.5 Å². The first-order valence-corrected chi connectivity index (χ1v) is 7.25. The SMILES string of the molecule is C=C=C(C(NCCC)C1CC1)N(C)CC(=O)NCC. The van der Waals surface area contributed by atoms with Gasteiger partial charge in [-0.05, 0) is 38.6 Å². The number of amides is 1. The minimum atomic E-state index is 0.0442. The van der Waals surface area contributed by atoms with Crippen LogP contribution in [0.5, 0.6) is 0 Å². The van der Waals surface area contributed by atoms with Gasteiger partial charge in [0.05, 0.1) is 18.3 Å². The largest absolute Gasteiger partial charge is 0.361 e. The molecule has 0 heterocycles. The molecule has 1 atom stereocenters. The fraction of sp³-hybridized carbons (Fsp3) is 0.733. The highest BCUT2D eigenvalue weighted by Crippen LogP contribution is 2.36. The van der Waals surface area contributed by atoms with Crippen molar-refractivity contribution in [2.75, 3.05) is 26.7 Å². The van der Waals surface area contributed by atoms with Crippen LogP contribution in [0, 0.1) is 5.92 Å². The lowest BCUT2D eigenvalue weighted by atomic mass is 10.1. The lowest BCUT2D eigenvalue weighted by Gasteiger charge is -2.28. The van der Waals surface area contributed by atoms with E-state index in [9.17, 15) is 4.79 Å². The molecule has 1 unspecified atom stereocenters. The van der Waals surface area contributed by atoms with Gasteiger partial charge in [-0.2, -0.15) is 0 Å². The predicted octanol–water partition coefficient (Wildman–Crippen LogP) is 1.50. The summed E-state index contributed by atoms with van der Waals surface area (Å²) in [6.07, 6.45) is 3.61. The van der Waals surface area contributed by atoms with E-state index in [1.807, 2.05) is 18.9 Å². The zero-order valence-corrected chi connectivity index (χ0v) is 12.5. The van der Waals surface area contributed by atoms with Crippen molar-refractivity contribution in [3.63, 3.8) is 0 Å². The minimum absolute atomic E-state index is 0.0442. The Labute approximate surface area is 116 Å². The Bertz CT molecular complexity index is 343. The summed E-state index contributed by atoms with van der Waals surface area (Å²) >= 11 is 0. The number of nitrogens with one attached hydrogen (secondary N) is 2. The Balaban J connectivity index is 2.63. The van der Waals surface area contributed by atoms with E-state index in [-0.39, 0.29) is 11.9 Å². The monoisotopic (exact) mass is 265 g/mol. The molecule has 0 saturated heterocycles. The van der Waals surface area contributed by atoms with Gasteiger partial charge >= 0.3 is 0 Å². The molecule has 0 aromatic carbocycles. The van der Waals surface area contributed by atoms with Crippen LogP contribution in [-0.4, -0.2) is 43.5 Å². The highest BCUT2D eigenvalue weighted by atomic mass is 16.2. The second-order valence-electron chi connectivity index (χ2n) is 5.14. The molecule has 1 aliphatic carbocycles. The maximum absolute atomic E-state index is 11.7. The lowest BCUT2D eigenvalue weighted by Crippen LogP contribution is -2.42. The molecule has 0 aliphatic heterocycles. The molecule has 1 amide bonds. The minimum Gasteiger partial charge on any atom is -0.361 e. The zero-order valence-electron chi connectivity index (χ0n) is 12.5. The van der Waals surface area contributed by atoms with Crippen LogP contribution in [0.2, 0.25) is 0 Å². The van der Waals surface area contributed by atoms with Gasteiger partial charge in [-0.3, -0.25) is 4.79 Å². The van der Waals surface area contributed by atoms with E-state index < -0.39 is 0 Å². The van der Waals surface area contributed by atoms with Crippen molar-refractivity contribution in [1.29, 1.82) is 0 Å². The number of hydrogen-bond acceptors (Lipinski definition) is 3. The molecule has 0 spiro atoms.